The van der Waals surface area contributed by atoms with Gasteiger partial charge in [0.15, 0.2) is 5.82 Å². The highest BCUT2D eigenvalue weighted by Gasteiger charge is 2.21. The van der Waals surface area contributed by atoms with Crippen LogP contribution in [-0.4, -0.2) is 33.5 Å². The zero-order valence-corrected chi connectivity index (χ0v) is 17.1. The van der Waals surface area contributed by atoms with E-state index in [4.69, 9.17) is 4.74 Å². The molecular weight excluding hydrogens is 330 g/mol. The first kappa shape index (κ1) is 23.6. The number of carbonyl (C=O) groups is 1. The summed E-state index contributed by atoms with van der Waals surface area (Å²) in [4.78, 5) is 20.7. The van der Waals surface area contributed by atoms with Gasteiger partial charge in [0.05, 0.1) is 6.04 Å². The second-order valence-electron chi connectivity index (χ2n) is 6.42. The Balaban J connectivity index is 0.00000301. The van der Waals surface area contributed by atoms with Crippen molar-refractivity contribution in [2.24, 2.45) is 4.99 Å². The van der Waals surface area contributed by atoms with Crippen molar-refractivity contribution in [3.8, 4) is 0 Å². The van der Waals surface area contributed by atoms with E-state index in [2.05, 4.69) is 21.9 Å². The van der Waals surface area contributed by atoms with E-state index in [0.717, 1.165) is 5.71 Å². The van der Waals surface area contributed by atoms with Gasteiger partial charge in [-0.05, 0) is 45.7 Å². The van der Waals surface area contributed by atoms with Crippen LogP contribution in [0, 0.1) is 0 Å². The van der Waals surface area contributed by atoms with Crippen molar-refractivity contribution in [3.05, 3.63) is 30.5 Å². The second kappa shape index (κ2) is 11.3. The molecule has 0 aliphatic heterocycles. The molecule has 6 nitrogen and oxygen atoms in total. The number of alkyl carbamates (subject to hydrolysis) is 1. The van der Waals surface area contributed by atoms with Crippen molar-refractivity contribution in [1.82, 2.24) is 10.3 Å². The van der Waals surface area contributed by atoms with Gasteiger partial charge in [0.25, 0.3) is 0 Å². The van der Waals surface area contributed by atoms with Gasteiger partial charge in [0, 0.05) is 17.5 Å². The number of carbonyl (C=O) groups excluding carboxylic acids is 1. The third-order valence-electron chi connectivity index (χ3n) is 3.20. The fourth-order valence-corrected chi connectivity index (χ4v) is 2.04. The predicted octanol–water partition coefficient (Wildman–Crippen LogP) is 5.42. The number of aliphatic hydroxyl groups is 1. The predicted molar refractivity (Wildman–Crippen MR) is 108 cm³/mol. The lowest BCUT2D eigenvalue weighted by Gasteiger charge is -2.23. The van der Waals surface area contributed by atoms with Crippen LogP contribution in [0.2, 0.25) is 0 Å². The SMILES string of the molecule is C=C(O)c1ccc(N=C(CC)C(CC)NC(=O)OC(C)(C)C)nc1.CC. The maximum Gasteiger partial charge on any atom is 0.408 e. The van der Waals surface area contributed by atoms with Gasteiger partial charge in [-0.25, -0.2) is 14.8 Å². The lowest BCUT2D eigenvalue weighted by atomic mass is 10.1. The van der Waals surface area contributed by atoms with Gasteiger partial charge in [-0.15, -0.1) is 0 Å². The number of aromatic nitrogens is 1. The Kier molecular flexibility index (Phi) is 10.3. The molecule has 0 saturated heterocycles. The summed E-state index contributed by atoms with van der Waals surface area (Å²) in [6, 6.07) is 3.18. The van der Waals surface area contributed by atoms with Crippen molar-refractivity contribution in [3.63, 3.8) is 0 Å². The maximum atomic E-state index is 12.0. The first-order valence-electron chi connectivity index (χ1n) is 9.07. The number of hydrogen-bond acceptors (Lipinski definition) is 5. The number of aliphatic hydroxyl groups excluding tert-OH is 1. The molecule has 26 heavy (non-hydrogen) atoms. The van der Waals surface area contributed by atoms with Crippen molar-refractivity contribution in [2.75, 3.05) is 0 Å². The molecule has 0 fully saturated rings. The Morgan fingerprint density at radius 1 is 1.35 bits per heavy atom. The van der Waals surface area contributed by atoms with Gasteiger partial charge in [0.1, 0.15) is 11.4 Å². The summed E-state index contributed by atoms with van der Waals surface area (Å²) in [7, 11) is 0. The smallest absolute Gasteiger partial charge is 0.408 e. The summed E-state index contributed by atoms with van der Waals surface area (Å²) in [5.41, 5.74) is 0.813. The summed E-state index contributed by atoms with van der Waals surface area (Å²) in [6.45, 7) is 16.9. The summed E-state index contributed by atoms with van der Waals surface area (Å²) in [6.07, 6.45) is 2.41. The molecule has 0 saturated carbocycles. The van der Waals surface area contributed by atoms with E-state index in [1.165, 1.54) is 6.20 Å². The molecule has 1 aromatic heterocycles. The minimum Gasteiger partial charge on any atom is -0.508 e. The molecule has 0 aliphatic rings. The lowest BCUT2D eigenvalue weighted by Crippen LogP contribution is -2.43. The van der Waals surface area contributed by atoms with Crippen LogP contribution in [0.5, 0.6) is 0 Å². The highest BCUT2D eigenvalue weighted by molar-refractivity contribution is 5.93. The van der Waals surface area contributed by atoms with E-state index in [-0.39, 0.29) is 11.8 Å². The third kappa shape index (κ3) is 8.65. The molecule has 0 spiro atoms. The Bertz CT molecular complexity index is 602. The van der Waals surface area contributed by atoms with Crippen molar-refractivity contribution in [1.29, 1.82) is 0 Å². The van der Waals surface area contributed by atoms with Crippen LogP contribution < -0.4 is 5.32 Å². The molecule has 0 aliphatic carbocycles. The molecule has 146 valence electrons. The van der Waals surface area contributed by atoms with Gasteiger partial charge in [-0.1, -0.05) is 34.3 Å². The van der Waals surface area contributed by atoms with Crippen LogP contribution >= 0.6 is 0 Å². The first-order chi connectivity index (χ1) is 12.2. The average Bonchev–Trinajstić information content (AvgIpc) is 2.58. The monoisotopic (exact) mass is 363 g/mol. The summed E-state index contributed by atoms with van der Waals surface area (Å²) in [5, 5.41) is 12.2. The van der Waals surface area contributed by atoms with Crippen molar-refractivity contribution in [2.45, 2.75) is 73.0 Å². The Morgan fingerprint density at radius 3 is 2.35 bits per heavy atom. The number of amides is 1. The molecule has 6 heteroatoms. The molecule has 1 amide bonds. The molecular formula is C20H33N3O3. The highest BCUT2D eigenvalue weighted by atomic mass is 16.6. The summed E-state index contributed by atoms with van der Waals surface area (Å²) >= 11 is 0. The third-order valence-corrected chi connectivity index (χ3v) is 3.20. The zero-order valence-electron chi connectivity index (χ0n) is 17.1. The normalized spacial score (nSPS) is 12.5. The van der Waals surface area contributed by atoms with Gasteiger partial charge in [0.2, 0.25) is 0 Å². The number of aliphatic imine (C=N–C) groups is 1. The van der Waals surface area contributed by atoms with Crippen molar-refractivity contribution >= 4 is 23.4 Å². The van der Waals surface area contributed by atoms with Crippen LogP contribution in [0.4, 0.5) is 10.6 Å². The number of ether oxygens (including phenoxy) is 1. The Hall–Kier alpha value is -2.37. The topological polar surface area (TPSA) is 83.8 Å². The molecule has 1 rings (SSSR count). The van der Waals surface area contributed by atoms with Gasteiger partial charge >= 0.3 is 6.09 Å². The molecule has 1 atom stereocenters. The van der Waals surface area contributed by atoms with Crippen LogP contribution in [-0.2, 0) is 4.74 Å². The molecule has 0 radical (unpaired) electrons. The van der Waals surface area contributed by atoms with E-state index in [9.17, 15) is 9.90 Å². The highest BCUT2D eigenvalue weighted by Crippen LogP contribution is 2.15. The number of nitrogens with zero attached hydrogens (tertiary/aromatic N) is 2. The van der Waals surface area contributed by atoms with Crippen LogP contribution in [0.1, 0.15) is 66.9 Å². The Morgan fingerprint density at radius 2 is 1.96 bits per heavy atom. The fraction of sp³-hybridized carbons (Fsp3) is 0.550. The van der Waals surface area contributed by atoms with Crippen molar-refractivity contribution < 1.29 is 14.6 Å². The Labute approximate surface area is 157 Å². The van der Waals surface area contributed by atoms with Gasteiger partial charge in [-0.2, -0.15) is 0 Å². The molecule has 0 bridgehead atoms. The minimum atomic E-state index is -0.546. The van der Waals surface area contributed by atoms with E-state index in [0.29, 0.717) is 24.2 Å². The second-order valence-corrected chi connectivity index (χ2v) is 6.42. The van der Waals surface area contributed by atoms with E-state index < -0.39 is 11.7 Å². The van der Waals surface area contributed by atoms with E-state index in [1.54, 1.807) is 12.1 Å². The van der Waals surface area contributed by atoms with Gasteiger partial charge in [-0.3, -0.25) is 0 Å². The quantitative estimate of drug-likeness (QED) is 0.522. The summed E-state index contributed by atoms with van der Waals surface area (Å²) < 4.78 is 5.30. The number of pyridine rings is 1. The number of nitrogens with one attached hydrogen (secondary N) is 1. The van der Waals surface area contributed by atoms with Crippen LogP contribution in [0.3, 0.4) is 0 Å². The van der Waals surface area contributed by atoms with Crippen LogP contribution in [0.25, 0.3) is 5.76 Å². The molecule has 0 aromatic carbocycles. The average molecular weight is 364 g/mol. The standard InChI is InChI=1S/C18H27N3O3.C2H6/c1-7-14(15(8-2)21-17(23)24-18(4,5)6)20-16-10-9-13(11-19-16)12(3)22;1-2/h9-11,15,22H,3,7-8H2,1-2,4-6H3,(H,21,23);1-2H3. The fourth-order valence-electron chi connectivity index (χ4n) is 2.04. The van der Waals surface area contributed by atoms with Gasteiger partial charge < -0.3 is 15.2 Å². The number of rotatable bonds is 6. The minimum absolute atomic E-state index is 0.0354. The first-order valence-corrected chi connectivity index (χ1v) is 9.07. The van der Waals surface area contributed by atoms with Crippen LogP contribution in [0.15, 0.2) is 29.9 Å². The van der Waals surface area contributed by atoms with E-state index >= 15 is 0 Å². The number of hydrogen-bond donors (Lipinski definition) is 2. The lowest BCUT2D eigenvalue weighted by molar-refractivity contribution is 0.0517. The maximum absolute atomic E-state index is 12.0. The van der Waals surface area contributed by atoms with E-state index in [1.807, 2.05) is 48.5 Å². The largest absolute Gasteiger partial charge is 0.508 e. The molecule has 1 heterocycles. The molecule has 2 N–H and O–H groups in total. The summed E-state index contributed by atoms with van der Waals surface area (Å²) in [5.74, 6) is 0.480. The molecule has 1 unspecified atom stereocenters. The zero-order chi connectivity index (χ0) is 20.3. The molecule has 1 aromatic rings.